The van der Waals surface area contributed by atoms with E-state index in [2.05, 4.69) is 9.47 Å². The zero-order valence-electron chi connectivity index (χ0n) is 18.4. The van der Waals surface area contributed by atoms with Gasteiger partial charge in [-0.15, -0.1) is 0 Å². The van der Waals surface area contributed by atoms with Gasteiger partial charge in [-0.05, 0) is 12.0 Å². The molecule has 0 aromatic heterocycles. The van der Waals surface area contributed by atoms with Crippen LogP contribution in [0.1, 0.15) is 5.56 Å². The van der Waals surface area contributed by atoms with Crippen LogP contribution in [0.15, 0.2) is 30.3 Å². The molecule has 10 nitrogen and oxygen atoms in total. The summed E-state index contributed by atoms with van der Waals surface area (Å²) in [4.78, 5) is 51.1. The van der Waals surface area contributed by atoms with Crippen molar-refractivity contribution in [2.75, 3.05) is 61.2 Å². The second-order valence-electron chi connectivity index (χ2n) is 6.64. The van der Waals surface area contributed by atoms with Crippen molar-refractivity contribution >= 4 is 23.9 Å². The van der Waals surface area contributed by atoms with Crippen molar-refractivity contribution in [1.29, 1.82) is 0 Å². The molecule has 0 saturated carbocycles. The van der Waals surface area contributed by atoms with Gasteiger partial charge in [0, 0.05) is 13.1 Å². The van der Waals surface area contributed by atoms with Crippen LogP contribution in [0.3, 0.4) is 0 Å². The molecule has 1 atom stereocenters. The van der Waals surface area contributed by atoms with Crippen molar-refractivity contribution < 1.29 is 38.1 Å². The number of benzene rings is 1. The maximum Gasteiger partial charge on any atom is 0.323 e. The van der Waals surface area contributed by atoms with E-state index in [-0.39, 0.29) is 32.7 Å². The largest absolute Gasteiger partial charge is 0.468 e. The Kier molecular flexibility index (Phi) is 11.9. The van der Waals surface area contributed by atoms with Gasteiger partial charge in [-0.25, -0.2) is 0 Å². The fraction of sp³-hybridized carbons (Fsp3) is 0.524. The van der Waals surface area contributed by atoms with Gasteiger partial charge in [-0.2, -0.15) is 0 Å². The number of methoxy groups -OCH3 is 4. The van der Waals surface area contributed by atoms with Crippen LogP contribution in [0.4, 0.5) is 0 Å². The van der Waals surface area contributed by atoms with Crippen LogP contribution in [-0.2, 0) is 44.5 Å². The van der Waals surface area contributed by atoms with E-state index in [1.165, 1.54) is 33.3 Å². The lowest BCUT2D eigenvalue weighted by atomic mass is 10.0. The Morgan fingerprint density at radius 2 is 1.26 bits per heavy atom. The maximum atomic E-state index is 12.5. The van der Waals surface area contributed by atoms with Crippen molar-refractivity contribution in [3.05, 3.63) is 35.9 Å². The molecule has 10 heteroatoms. The summed E-state index contributed by atoms with van der Waals surface area (Å²) in [6, 6.07) is 8.52. The third-order valence-electron chi connectivity index (χ3n) is 4.61. The van der Waals surface area contributed by atoms with E-state index in [9.17, 15) is 19.2 Å². The molecule has 0 aliphatic rings. The van der Waals surface area contributed by atoms with Crippen LogP contribution in [0.2, 0.25) is 0 Å². The Labute approximate surface area is 182 Å². The second-order valence-corrected chi connectivity index (χ2v) is 6.64. The lowest BCUT2D eigenvalue weighted by molar-refractivity contribution is -0.152. The Morgan fingerprint density at radius 1 is 0.742 bits per heavy atom. The van der Waals surface area contributed by atoms with Gasteiger partial charge in [0.2, 0.25) is 0 Å². The number of nitrogens with zero attached hydrogens (tertiary/aromatic N) is 2. The van der Waals surface area contributed by atoms with Gasteiger partial charge < -0.3 is 18.9 Å². The third-order valence-corrected chi connectivity index (χ3v) is 4.61. The molecule has 0 bridgehead atoms. The van der Waals surface area contributed by atoms with E-state index in [1.807, 2.05) is 30.3 Å². The standard InChI is InChI=1S/C21H30N2O8/c1-28-18(24)13-22(14-19(25)29-2)10-11-23(15-20(26)30-3)17(21(27)31-4)12-16-8-6-5-7-9-16/h5-9,17H,10-15H2,1-4H3. The van der Waals surface area contributed by atoms with Crippen LogP contribution in [0, 0.1) is 0 Å². The fourth-order valence-corrected chi connectivity index (χ4v) is 2.89. The van der Waals surface area contributed by atoms with E-state index in [1.54, 1.807) is 4.90 Å². The number of hydrogen-bond donors (Lipinski definition) is 0. The third kappa shape index (κ3) is 9.58. The number of carbonyl (C=O) groups excluding carboxylic acids is 4. The SMILES string of the molecule is COC(=O)CN(CCN(CC(=O)OC)C(Cc1ccccc1)C(=O)OC)CC(=O)OC. The van der Waals surface area contributed by atoms with E-state index < -0.39 is 29.9 Å². The van der Waals surface area contributed by atoms with Crippen molar-refractivity contribution in [2.24, 2.45) is 0 Å². The zero-order valence-corrected chi connectivity index (χ0v) is 18.4. The lowest BCUT2D eigenvalue weighted by Gasteiger charge is -2.31. The van der Waals surface area contributed by atoms with Gasteiger partial charge in [0.05, 0.1) is 48.1 Å². The summed E-state index contributed by atoms with van der Waals surface area (Å²) in [5, 5.41) is 0. The van der Waals surface area contributed by atoms with Crippen molar-refractivity contribution in [3.63, 3.8) is 0 Å². The van der Waals surface area contributed by atoms with Gasteiger partial charge >= 0.3 is 23.9 Å². The molecule has 1 rings (SSSR count). The highest BCUT2D eigenvalue weighted by molar-refractivity contribution is 5.78. The van der Waals surface area contributed by atoms with Crippen LogP contribution in [0.5, 0.6) is 0 Å². The molecule has 0 fully saturated rings. The van der Waals surface area contributed by atoms with Gasteiger partial charge in [0.25, 0.3) is 0 Å². The fourth-order valence-electron chi connectivity index (χ4n) is 2.89. The van der Waals surface area contributed by atoms with Crippen LogP contribution >= 0.6 is 0 Å². The van der Waals surface area contributed by atoms with E-state index in [4.69, 9.17) is 9.47 Å². The first-order valence-corrected chi connectivity index (χ1v) is 9.63. The molecule has 1 unspecified atom stereocenters. The molecule has 0 aliphatic carbocycles. The number of esters is 4. The minimum absolute atomic E-state index is 0.154. The quantitative estimate of drug-likeness (QED) is 0.306. The summed E-state index contributed by atoms with van der Waals surface area (Å²) >= 11 is 0. The van der Waals surface area contributed by atoms with Crippen molar-refractivity contribution in [3.8, 4) is 0 Å². The summed E-state index contributed by atoms with van der Waals surface area (Å²) in [5.74, 6) is -2.11. The lowest BCUT2D eigenvalue weighted by Crippen LogP contribution is -2.50. The number of rotatable bonds is 13. The smallest absolute Gasteiger partial charge is 0.323 e. The normalized spacial score (nSPS) is 11.7. The molecular weight excluding hydrogens is 408 g/mol. The molecule has 0 N–H and O–H groups in total. The summed E-state index contributed by atoms with van der Waals surface area (Å²) in [6.45, 7) is -0.120. The first-order chi connectivity index (χ1) is 14.8. The van der Waals surface area contributed by atoms with Gasteiger partial charge in [-0.3, -0.25) is 29.0 Å². The minimum atomic E-state index is -0.774. The van der Waals surface area contributed by atoms with Crippen LogP contribution in [-0.4, -0.2) is 101 Å². The summed E-state index contributed by atoms with van der Waals surface area (Å²) < 4.78 is 19.1. The molecular formula is C21H30N2O8. The van der Waals surface area contributed by atoms with Crippen LogP contribution < -0.4 is 0 Å². The highest BCUT2D eigenvalue weighted by atomic mass is 16.5. The molecule has 0 amide bonds. The average Bonchev–Trinajstić information content (AvgIpc) is 2.79. The van der Waals surface area contributed by atoms with Crippen molar-refractivity contribution in [2.45, 2.75) is 12.5 Å². The molecule has 0 radical (unpaired) electrons. The van der Waals surface area contributed by atoms with Gasteiger partial charge in [0.15, 0.2) is 0 Å². The van der Waals surface area contributed by atoms with Crippen molar-refractivity contribution in [1.82, 2.24) is 9.80 Å². The molecule has 0 saturated heterocycles. The molecule has 172 valence electrons. The molecule has 31 heavy (non-hydrogen) atoms. The van der Waals surface area contributed by atoms with Crippen LogP contribution in [0.25, 0.3) is 0 Å². The van der Waals surface area contributed by atoms with Gasteiger partial charge in [-0.1, -0.05) is 30.3 Å². The Bertz CT molecular complexity index is 707. The highest BCUT2D eigenvalue weighted by Crippen LogP contribution is 2.12. The molecule has 1 aromatic carbocycles. The van der Waals surface area contributed by atoms with E-state index in [0.717, 1.165) is 5.56 Å². The number of carbonyl (C=O) groups is 4. The number of ether oxygens (including phenoxy) is 4. The van der Waals surface area contributed by atoms with Gasteiger partial charge in [0.1, 0.15) is 6.04 Å². The Balaban J connectivity index is 3.05. The topological polar surface area (TPSA) is 112 Å². The summed E-state index contributed by atoms with van der Waals surface area (Å²) in [5.41, 5.74) is 0.883. The number of hydrogen-bond acceptors (Lipinski definition) is 10. The summed E-state index contributed by atoms with van der Waals surface area (Å²) in [7, 11) is 5.02. The summed E-state index contributed by atoms with van der Waals surface area (Å²) in [6.07, 6.45) is 0.304. The maximum absolute atomic E-state index is 12.5. The minimum Gasteiger partial charge on any atom is -0.468 e. The predicted molar refractivity (Wildman–Crippen MR) is 110 cm³/mol. The first kappa shape index (κ1) is 26.1. The Hall–Kier alpha value is -2.98. The average molecular weight is 438 g/mol. The molecule has 1 aromatic rings. The predicted octanol–water partition coefficient (Wildman–Crippen LogP) is -0.106. The van der Waals surface area contributed by atoms with E-state index in [0.29, 0.717) is 6.42 Å². The van der Waals surface area contributed by atoms with E-state index >= 15 is 0 Å². The molecule has 0 heterocycles. The zero-order chi connectivity index (χ0) is 23.2. The monoisotopic (exact) mass is 438 g/mol. The Morgan fingerprint density at radius 3 is 1.74 bits per heavy atom. The highest BCUT2D eigenvalue weighted by Gasteiger charge is 2.30. The molecule has 0 aliphatic heterocycles. The second kappa shape index (κ2) is 14.1. The first-order valence-electron chi connectivity index (χ1n) is 9.63. The molecule has 0 spiro atoms.